The smallest absolute Gasteiger partial charge is 0.0705 e. The fourth-order valence-electron chi connectivity index (χ4n) is 2.44. The fourth-order valence-corrected chi connectivity index (χ4v) is 2.44. The van der Waals surface area contributed by atoms with Gasteiger partial charge in [-0.2, -0.15) is 0 Å². The van der Waals surface area contributed by atoms with Crippen LogP contribution in [0.2, 0.25) is 0 Å². The molecule has 0 bridgehead atoms. The van der Waals surface area contributed by atoms with Gasteiger partial charge in [0, 0.05) is 17.6 Å². The molecule has 0 unspecified atom stereocenters. The van der Waals surface area contributed by atoms with E-state index in [1.165, 1.54) is 30.2 Å². The van der Waals surface area contributed by atoms with E-state index >= 15 is 0 Å². The van der Waals surface area contributed by atoms with E-state index in [1.807, 2.05) is 12.3 Å². The molecule has 1 aromatic heterocycles. The first kappa shape index (κ1) is 9.79. The Hall–Kier alpha value is -1.41. The van der Waals surface area contributed by atoms with Gasteiger partial charge in [0.1, 0.15) is 0 Å². The number of piperidine rings is 1. The van der Waals surface area contributed by atoms with E-state index in [9.17, 15) is 0 Å². The lowest BCUT2D eigenvalue weighted by molar-refractivity contribution is 0.412. The third kappa shape index (κ3) is 1.81. The SMILES string of the molecule is c1cnc2cc([C@H]3CCCCN3)ccc2c1. The number of aromatic nitrogens is 1. The maximum Gasteiger partial charge on any atom is 0.0705 e. The van der Waals surface area contributed by atoms with Gasteiger partial charge in [-0.15, -0.1) is 0 Å². The third-order valence-electron chi connectivity index (χ3n) is 3.34. The Morgan fingerprint density at radius 3 is 3.06 bits per heavy atom. The van der Waals surface area contributed by atoms with Crippen LogP contribution in [0.5, 0.6) is 0 Å². The molecule has 2 heterocycles. The van der Waals surface area contributed by atoms with Crippen LogP contribution in [0.25, 0.3) is 10.9 Å². The largest absolute Gasteiger partial charge is 0.310 e. The summed E-state index contributed by atoms with van der Waals surface area (Å²) in [5.74, 6) is 0. The molecule has 0 amide bonds. The van der Waals surface area contributed by atoms with E-state index in [1.54, 1.807) is 0 Å². The average molecular weight is 212 g/mol. The molecule has 82 valence electrons. The summed E-state index contributed by atoms with van der Waals surface area (Å²) in [4.78, 5) is 4.41. The number of nitrogens with zero attached hydrogens (tertiary/aromatic N) is 1. The Kier molecular flexibility index (Phi) is 2.58. The van der Waals surface area contributed by atoms with Crippen LogP contribution in [0.4, 0.5) is 0 Å². The third-order valence-corrected chi connectivity index (χ3v) is 3.34. The number of benzene rings is 1. The molecule has 1 aromatic carbocycles. The molecule has 0 spiro atoms. The number of hydrogen-bond donors (Lipinski definition) is 1. The highest BCUT2D eigenvalue weighted by Gasteiger charge is 2.14. The van der Waals surface area contributed by atoms with Crippen molar-refractivity contribution in [1.29, 1.82) is 0 Å². The number of rotatable bonds is 1. The van der Waals surface area contributed by atoms with Gasteiger partial charge in [-0.25, -0.2) is 0 Å². The molecular formula is C14H16N2. The molecule has 2 heteroatoms. The summed E-state index contributed by atoms with van der Waals surface area (Å²) < 4.78 is 0. The molecule has 2 nitrogen and oxygen atoms in total. The highest BCUT2D eigenvalue weighted by molar-refractivity contribution is 5.78. The summed E-state index contributed by atoms with van der Waals surface area (Å²) in [7, 11) is 0. The minimum atomic E-state index is 0.528. The van der Waals surface area contributed by atoms with E-state index in [0.29, 0.717) is 6.04 Å². The van der Waals surface area contributed by atoms with Crippen molar-refractivity contribution in [2.45, 2.75) is 25.3 Å². The molecule has 1 aliphatic heterocycles. The molecule has 2 aromatic rings. The van der Waals surface area contributed by atoms with Gasteiger partial charge in [-0.05, 0) is 37.1 Å². The molecular weight excluding hydrogens is 196 g/mol. The quantitative estimate of drug-likeness (QED) is 0.786. The fraction of sp³-hybridized carbons (Fsp3) is 0.357. The molecule has 16 heavy (non-hydrogen) atoms. The van der Waals surface area contributed by atoms with Crippen molar-refractivity contribution in [3.63, 3.8) is 0 Å². The van der Waals surface area contributed by atoms with Crippen LogP contribution in [0.1, 0.15) is 30.9 Å². The Morgan fingerprint density at radius 2 is 2.19 bits per heavy atom. The predicted octanol–water partition coefficient (Wildman–Crippen LogP) is 3.05. The monoisotopic (exact) mass is 212 g/mol. The van der Waals surface area contributed by atoms with Gasteiger partial charge in [-0.3, -0.25) is 4.98 Å². The number of fused-ring (bicyclic) bond motifs is 1. The number of nitrogens with one attached hydrogen (secondary N) is 1. The van der Waals surface area contributed by atoms with Gasteiger partial charge < -0.3 is 5.32 Å². The molecule has 0 saturated carbocycles. The van der Waals surface area contributed by atoms with Crippen LogP contribution in [-0.4, -0.2) is 11.5 Å². The minimum absolute atomic E-state index is 0.528. The van der Waals surface area contributed by atoms with Gasteiger partial charge in [0.15, 0.2) is 0 Å². The van der Waals surface area contributed by atoms with Gasteiger partial charge >= 0.3 is 0 Å². The lowest BCUT2D eigenvalue weighted by atomic mass is 9.97. The number of pyridine rings is 1. The van der Waals surface area contributed by atoms with Crippen LogP contribution in [-0.2, 0) is 0 Å². The van der Waals surface area contributed by atoms with Crippen molar-refractivity contribution in [1.82, 2.24) is 10.3 Å². The highest BCUT2D eigenvalue weighted by Crippen LogP contribution is 2.25. The summed E-state index contributed by atoms with van der Waals surface area (Å²) >= 11 is 0. The number of hydrogen-bond acceptors (Lipinski definition) is 2. The van der Waals surface area contributed by atoms with Crippen molar-refractivity contribution in [3.8, 4) is 0 Å². The molecule has 1 fully saturated rings. The Balaban J connectivity index is 1.97. The van der Waals surface area contributed by atoms with Crippen LogP contribution < -0.4 is 5.32 Å². The summed E-state index contributed by atoms with van der Waals surface area (Å²) in [5.41, 5.74) is 2.48. The first-order chi connectivity index (χ1) is 7.93. The Labute approximate surface area is 95.7 Å². The summed E-state index contributed by atoms with van der Waals surface area (Å²) in [6.45, 7) is 1.14. The van der Waals surface area contributed by atoms with Crippen molar-refractivity contribution in [2.75, 3.05) is 6.54 Å². The average Bonchev–Trinajstić information content (AvgIpc) is 2.39. The van der Waals surface area contributed by atoms with E-state index in [2.05, 4.69) is 34.6 Å². The predicted molar refractivity (Wildman–Crippen MR) is 66.3 cm³/mol. The highest BCUT2D eigenvalue weighted by atomic mass is 14.9. The Morgan fingerprint density at radius 1 is 1.19 bits per heavy atom. The summed E-state index contributed by atoms with van der Waals surface area (Å²) in [6.07, 6.45) is 5.75. The summed E-state index contributed by atoms with van der Waals surface area (Å²) in [5, 5.41) is 4.80. The molecule has 1 aliphatic rings. The lowest BCUT2D eigenvalue weighted by Gasteiger charge is -2.23. The van der Waals surface area contributed by atoms with Crippen molar-refractivity contribution in [2.24, 2.45) is 0 Å². The minimum Gasteiger partial charge on any atom is -0.310 e. The normalized spacial score (nSPS) is 21.1. The molecule has 3 rings (SSSR count). The zero-order valence-electron chi connectivity index (χ0n) is 9.32. The zero-order chi connectivity index (χ0) is 10.8. The van der Waals surface area contributed by atoms with E-state index < -0.39 is 0 Å². The van der Waals surface area contributed by atoms with Gasteiger partial charge in [0.2, 0.25) is 0 Å². The topological polar surface area (TPSA) is 24.9 Å². The first-order valence-electron chi connectivity index (χ1n) is 6.01. The molecule has 1 atom stereocenters. The summed E-state index contributed by atoms with van der Waals surface area (Å²) in [6, 6.07) is 11.3. The maximum absolute atomic E-state index is 4.41. The second kappa shape index (κ2) is 4.22. The van der Waals surface area contributed by atoms with E-state index in [0.717, 1.165) is 12.1 Å². The first-order valence-corrected chi connectivity index (χ1v) is 6.01. The second-order valence-electron chi connectivity index (χ2n) is 4.46. The van der Waals surface area contributed by atoms with Crippen LogP contribution in [0.15, 0.2) is 36.5 Å². The maximum atomic E-state index is 4.41. The van der Waals surface area contributed by atoms with Gasteiger partial charge in [0.25, 0.3) is 0 Å². The van der Waals surface area contributed by atoms with Crippen molar-refractivity contribution in [3.05, 3.63) is 42.1 Å². The standard InChI is InChI=1S/C14H16N2/c1-2-8-15-13(5-1)12-7-6-11-4-3-9-16-14(11)10-12/h3-4,6-7,9-10,13,15H,1-2,5,8H2/t13-/m1/s1. The van der Waals surface area contributed by atoms with Crippen LogP contribution >= 0.6 is 0 Å². The zero-order valence-corrected chi connectivity index (χ0v) is 9.32. The molecule has 1 N–H and O–H groups in total. The van der Waals surface area contributed by atoms with Crippen LogP contribution in [0, 0.1) is 0 Å². The van der Waals surface area contributed by atoms with Crippen LogP contribution in [0.3, 0.4) is 0 Å². The molecule has 1 saturated heterocycles. The Bertz CT molecular complexity index is 487. The van der Waals surface area contributed by atoms with Gasteiger partial charge in [0.05, 0.1) is 5.52 Å². The van der Waals surface area contributed by atoms with Crippen molar-refractivity contribution >= 4 is 10.9 Å². The second-order valence-corrected chi connectivity index (χ2v) is 4.46. The van der Waals surface area contributed by atoms with Crippen molar-refractivity contribution < 1.29 is 0 Å². The lowest BCUT2D eigenvalue weighted by Crippen LogP contribution is -2.26. The van der Waals surface area contributed by atoms with Gasteiger partial charge in [-0.1, -0.05) is 24.6 Å². The van der Waals surface area contributed by atoms with E-state index in [-0.39, 0.29) is 0 Å². The molecule has 0 radical (unpaired) electrons. The van der Waals surface area contributed by atoms with E-state index in [4.69, 9.17) is 0 Å². The molecule has 0 aliphatic carbocycles.